The van der Waals surface area contributed by atoms with Crippen molar-refractivity contribution in [1.82, 2.24) is 4.98 Å². The highest BCUT2D eigenvalue weighted by molar-refractivity contribution is 5.21. The van der Waals surface area contributed by atoms with Crippen LogP contribution in [0, 0.1) is 5.95 Å². The van der Waals surface area contributed by atoms with Gasteiger partial charge in [-0.05, 0) is 12.1 Å². The van der Waals surface area contributed by atoms with Crippen LogP contribution in [-0.4, -0.2) is 23.0 Å². The molecule has 0 aliphatic rings. The molecule has 0 fully saturated rings. The van der Waals surface area contributed by atoms with Crippen LogP contribution < -0.4 is 0 Å². The molecule has 0 saturated carbocycles. The third-order valence-corrected chi connectivity index (χ3v) is 2.23. The monoisotopic (exact) mass is 315 g/mol. The highest BCUT2D eigenvalue weighted by atomic mass is 19.4. The third-order valence-electron chi connectivity index (χ3n) is 2.23. The first-order valence-corrected chi connectivity index (χ1v) is 4.57. The predicted molar refractivity (Wildman–Crippen MR) is 44.0 cm³/mol. The fourth-order valence-electron chi connectivity index (χ4n) is 1.12. The first kappa shape index (κ1) is 16.5. The highest BCUT2D eigenvalue weighted by Crippen LogP contribution is 2.56. The molecule has 1 aromatic rings. The summed E-state index contributed by atoms with van der Waals surface area (Å²) in [6.07, 6.45) is -7.15. The van der Waals surface area contributed by atoms with E-state index in [4.69, 9.17) is 0 Å². The van der Waals surface area contributed by atoms with Crippen molar-refractivity contribution in [2.75, 3.05) is 0 Å². The Morgan fingerprint density at radius 2 is 1.25 bits per heavy atom. The van der Waals surface area contributed by atoms with Crippen LogP contribution in [0.2, 0.25) is 0 Å². The molecule has 0 aliphatic carbocycles. The van der Waals surface area contributed by atoms with Gasteiger partial charge in [-0.1, -0.05) is 0 Å². The molecule has 0 unspecified atom stereocenters. The van der Waals surface area contributed by atoms with E-state index in [1.807, 2.05) is 0 Å². The van der Waals surface area contributed by atoms with Gasteiger partial charge in [-0.2, -0.15) is 43.9 Å². The van der Waals surface area contributed by atoms with Crippen molar-refractivity contribution < 1.29 is 43.9 Å². The van der Waals surface area contributed by atoms with E-state index in [1.165, 1.54) is 0 Å². The van der Waals surface area contributed by atoms with Crippen molar-refractivity contribution in [2.24, 2.45) is 0 Å². The van der Waals surface area contributed by atoms with Gasteiger partial charge in [0.05, 0.1) is 0 Å². The normalized spacial score (nSPS) is 14.5. The van der Waals surface area contributed by atoms with Crippen molar-refractivity contribution in [1.29, 1.82) is 0 Å². The van der Waals surface area contributed by atoms with Crippen LogP contribution in [0.4, 0.5) is 43.9 Å². The number of halogens is 10. The van der Waals surface area contributed by atoms with Crippen LogP contribution >= 0.6 is 0 Å². The van der Waals surface area contributed by atoms with E-state index in [1.54, 1.807) is 0 Å². The second kappa shape index (κ2) is 4.48. The molecule has 0 aliphatic heterocycles. The van der Waals surface area contributed by atoms with Gasteiger partial charge >= 0.3 is 23.9 Å². The zero-order chi connectivity index (χ0) is 16.0. The van der Waals surface area contributed by atoms with Crippen LogP contribution in [0.5, 0.6) is 0 Å². The minimum Gasteiger partial charge on any atom is -0.228 e. The average Bonchev–Trinajstić information content (AvgIpc) is 2.27. The summed E-state index contributed by atoms with van der Waals surface area (Å²) in [7, 11) is 0. The first-order valence-electron chi connectivity index (χ1n) is 4.57. The Morgan fingerprint density at radius 1 is 0.750 bits per heavy atom. The van der Waals surface area contributed by atoms with Gasteiger partial charge in [-0.15, -0.1) is 0 Å². The lowest BCUT2D eigenvalue weighted by molar-refractivity contribution is -0.399. The fraction of sp³-hybridized carbons (Fsp3) is 0.444. The zero-order valence-electron chi connectivity index (χ0n) is 8.96. The summed E-state index contributed by atoms with van der Waals surface area (Å²) < 4.78 is 125. The van der Waals surface area contributed by atoms with Crippen molar-refractivity contribution in [2.45, 2.75) is 23.9 Å². The SMILES string of the molecule is Fc1ccc(C(F)(F)C(F)(F)C(F)(F)C(F)(F)F)cn1. The maximum Gasteiger partial charge on any atom is 0.460 e. The lowest BCUT2D eigenvalue weighted by atomic mass is 9.98. The van der Waals surface area contributed by atoms with Crippen LogP contribution in [0.3, 0.4) is 0 Å². The lowest BCUT2D eigenvalue weighted by Gasteiger charge is -2.33. The Kier molecular flexibility index (Phi) is 3.70. The summed E-state index contributed by atoms with van der Waals surface area (Å²) in [4.78, 5) is 2.50. The Morgan fingerprint density at radius 3 is 1.60 bits per heavy atom. The first-order chi connectivity index (χ1) is 8.75. The molecule has 0 spiro atoms. The molecule has 0 saturated heterocycles. The molecule has 0 amide bonds. The number of aromatic nitrogens is 1. The molecule has 1 rings (SSSR count). The third kappa shape index (κ3) is 2.29. The molecular weight excluding hydrogens is 312 g/mol. The standard InChI is InChI=1S/C9H3F10N/c10-5-2-1-4(3-20-5)6(11,12)7(13,14)8(15,16)9(17,18)19/h1-3H. The molecule has 1 nitrogen and oxygen atoms in total. The Hall–Kier alpha value is -1.55. The van der Waals surface area contributed by atoms with Gasteiger partial charge < -0.3 is 0 Å². The summed E-state index contributed by atoms with van der Waals surface area (Å²) in [5.74, 6) is -21.1. The second-order valence-corrected chi connectivity index (χ2v) is 3.59. The summed E-state index contributed by atoms with van der Waals surface area (Å²) >= 11 is 0. The van der Waals surface area contributed by atoms with E-state index in [9.17, 15) is 43.9 Å². The number of alkyl halides is 9. The minimum absolute atomic E-state index is 0.0668. The van der Waals surface area contributed by atoms with Gasteiger partial charge in [0.1, 0.15) is 0 Å². The lowest BCUT2D eigenvalue weighted by Crippen LogP contribution is -2.59. The van der Waals surface area contributed by atoms with E-state index >= 15 is 0 Å². The molecular formula is C9H3F10N. The summed E-state index contributed by atoms with van der Waals surface area (Å²) in [6, 6.07) is 0.0494. The molecule has 1 heterocycles. The van der Waals surface area contributed by atoms with Crippen LogP contribution in [-0.2, 0) is 5.92 Å². The molecule has 0 radical (unpaired) electrons. The molecule has 20 heavy (non-hydrogen) atoms. The van der Waals surface area contributed by atoms with Gasteiger partial charge in [-0.3, -0.25) is 0 Å². The average molecular weight is 315 g/mol. The topological polar surface area (TPSA) is 12.9 Å². The maximum atomic E-state index is 13.2. The van der Waals surface area contributed by atoms with Crippen molar-refractivity contribution in [3.05, 3.63) is 29.8 Å². The molecule has 0 atom stereocenters. The second-order valence-electron chi connectivity index (χ2n) is 3.59. The van der Waals surface area contributed by atoms with Gasteiger partial charge in [0, 0.05) is 11.8 Å². The minimum atomic E-state index is -6.99. The molecule has 0 N–H and O–H groups in total. The van der Waals surface area contributed by atoms with Crippen LogP contribution in [0.1, 0.15) is 5.56 Å². The van der Waals surface area contributed by atoms with Crippen molar-refractivity contribution in [3.8, 4) is 0 Å². The van der Waals surface area contributed by atoms with Crippen LogP contribution in [0.25, 0.3) is 0 Å². The van der Waals surface area contributed by atoms with Crippen molar-refractivity contribution >= 4 is 0 Å². The number of pyridine rings is 1. The molecule has 0 bridgehead atoms. The fourth-order valence-corrected chi connectivity index (χ4v) is 1.12. The number of rotatable bonds is 3. The van der Waals surface area contributed by atoms with Gasteiger partial charge in [0.25, 0.3) is 0 Å². The summed E-state index contributed by atoms with van der Waals surface area (Å²) in [5, 5.41) is 0. The van der Waals surface area contributed by atoms with E-state index in [-0.39, 0.29) is 18.3 Å². The number of hydrogen-bond acceptors (Lipinski definition) is 1. The van der Waals surface area contributed by atoms with Crippen LogP contribution in [0.15, 0.2) is 18.3 Å². The molecule has 1 aromatic heterocycles. The van der Waals surface area contributed by atoms with E-state index in [0.717, 1.165) is 0 Å². The smallest absolute Gasteiger partial charge is 0.228 e. The Bertz CT molecular complexity index is 474. The largest absolute Gasteiger partial charge is 0.460 e. The summed E-state index contributed by atoms with van der Waals surface area (Å²) in [5.41, 5.74) is -1.98. The maximum absolute atomic E-state index is 13.2. The predicted octanol–water partition coefficient (Wildman–Crippen LogP) is 4.15. The van der Waals surface area contributed by atoms with E-state index in [0.29, 0.717) is 0 Å². The Balaban J connectivity index is 3.35. The van der Waals surface area contributed by atoms with Crippen molar-refractivity contribution in [3.63, 3.8) is 0 Å². The Labute approximate surface area is 104 Å². The molecule has 11 heteroatoms. The summed E-state index contributed by atoms with van der Waals surface area (Å²) in [6.45, 7) is 0. The zero-order valence-corrected chi connectivity index (χ0v) is 8.96. The van der Waals surface area contributed by atoms with E-state index < -0.39 is 35.5 Å². The highest BCUT2D eigenvalue weighted by Gasteiger charge is 2.82. The van der Waals surface area contributed by atoms with E-state index in [2.05, 4.69) is 4.98 Å². The quantitative estimate of drug-likeness (QED) is 0.603. The molecule has 0 aromatic carbocycles. The number of nitrogens with zero attached hydrogens (tertiary/aromatic N) is 1. The van der Waals surface area contributed by atoms with Gasteiger partial charge in [-0.25, -0.2) is 4.98 Å². The number of hydrogen-bond donors (Lipinski definition) is 0. The molecule has 114 valence electrons. The van der Waals surface area contributed by atoms with Gasteiger partial charge in [0.15, 0.2) is 0 Å². The van der Waals surface area contributed by atoms with Gasteiger partial charge in [0.2, 0.25) is 5.95 Å².